The summed E-state index contributed by atoms with van der Waals surface area (Å²) < 4.78 is 35.9. The minimum Gasteiger partial charge on any atom is -0.486 e. The van der Waals surface area contributed by atoms with Crippen LogP contribution in [0.25, 0.3) is 11.3 Å². The van der Waals surface area contributed by atoms with Gasteiger partial charge in [0.25, 0.3) is 0 Å². The van der Waals surface area contributed by atoms with E-state index >= 15 is 0 Å². The van der Waals surface area contributed by atoms with Crippen molar-refractivity contribution in [3.63, 3.8) is 0 Å². The first-order chi connectivity index (χ1) is 13.9. The molecule has 3 aromatic rings. The van der Waals surface area contributed by atoms with Crippen LogP contribution in [0.2, 0.25) is 0 Å². The van der Waals surface area contributed by atoms with Crippen molar-refractivity contribution in [2.24, 2.45) is 0 Å². The first-order valence-electron chi connectivity index (χ1n) is 8.85. The van der Waals surface area contributed by atoms with Crippen molar-refractivity contribution in [2.45, 2.75) is 11.8 Å². The summed E-state index contributed by atoms with van der Waals surface area (Å²) in [6.45, 7) is 2.87. The van der Waals surface area contributed by atoms with Crippen LogP contribution in [0.1, 0.15) is 5.56 Å². The van der Waals surface area contributed by atoms with Gasteiger partial charge in [-0.15, -0.1) is 11.3 Å². The van der Waals surface area contributed by atoms with Crippen LogP contribution in [0.5, 0.6) is 11.5 Å². The SMILES string of the molecule is Cc1ccc(S(=O)(=O)CC(=O)Nc2nc(-c3ccc4c(c3)OCCO4)cs2)cc1. The van der Waals surface area contributed by atoms with Gasteiger partial charge in [0.15, 0.2) is 26.5 Å². The molecule has 7 nitrogen and oxygen atoms in total. The zero-order valence-corrected chi connectivity index (χ0v) is 17.2. The molecule has 4 rings (SSSR count). The van der Waals surface area contributed by atoms with Crippen LogP contribution in [0.3, 0.4) is 0 Å². The van der Waals surface area contributed by atoms with Crippen LogP contribution >= 0.6 is 11.3 Å². The fourth-order valence-electron chi connectivity index (χ4n) is 2.82. The highest BCUT2D eigenvalue weighted by Gasteiger charge is 2.20. The monoisotopic (exact) mass is 430 g/mol. The Morgan fingerprint density at radius 3 is 2.59 bits per heavy atom. The molecule has 1 aliphatic rings. The third-order valence-electron chi connectivity index (χ3n) is 4.29. The maximum absolute atomic E-state index is 12.4. The second kappa shape index (κ2) is 7.84. The molecule has 0 saturated carbocycles. The summed E-state index contributed by atoms with van der Waals surface area (Å²) in [5, 5.41) is 4.68. The molecule has 1 amide bonds. The van der Waals surface area contributed by atoms with Gasteiger partial charge in [-0.2, -0.15) is 0 Å². The van der Waals surface area contributed by atoms with Gasteiger partial charge in [0, 0.05) is 10.9 Å². The number of hydrogen-bond donors (Lipinski definition) is 1. The van der Waals surface area contributed by atoms with E-state index in [1.807, 2.05) is 25.1 Å². The zero-order chi connectivity index (χ0) is 20.4. The molecule has 2 heterocycles. The molecular weight excluding hydrogens is 412 g/mol. The number of amides is 1. The molecule has 0 atom stereocenters. The van der Waals surface area contributed by atoms with Crippen molar-refractivity contribution in [1.29, 1.82) is 0 Å². The molecule has 1 aliphatic heterocycles. The number of anilines is 1. The number of carbonyl (C=O) groups is 1. The number of ether oxygens (including phenoxy) is 2. The molecule has 1 N–H and O–H groups in total. The maximum Gasteiger partial charge on any atom is 0.241 e. The lowest BCUT2D eigenvalue weighted by atomic mass is 10.1. The van der Waals surface area contributed by atoms with Gasteiger partial charge in [-0.3, -0.25) is 4.79 Å². The number of benzene rings is 2. The zero-order valence-electron chi connectivity index (χ0n) is 15.5. The number of carbonyl (C=O) groups excluding carboxylic acids is 1. The lowest BCUT2D eigenvalue weighted by Crippen LogP contribution is -2.23. The standard InChI is InChI=1S/C20H18N2O5S2/c1-13-2-5-15(6-3-13)29(24,25)12-19(23)22-20-21-16(11-28-20)14-4-7-17-18(10-14)27-9-8-26-17/h2-7,10-11H,8-9,12H2,1H3,(H,21,22,23). The van der Waals surface area contributed by atoms with E-state index in [1.165, 1.54) is 23.5 Å². The number of sulfone groups is 1. The van der Waals surface area contributed by atoms with Gasteiger partial charge in [0.1, 0.15) is 19.0 Å². The highest BCUT2D eigenvalue weighted by Crippen LogP contribution is 2.35. The molecule has 0 radical (unpaired) electrons. The van der Waals surface area contributed by atoms with Gasteiger partial charge in [0.05, 0.1) is 10.6 Å². The van der Waals surface area contributed by atoms with Crippen molar-refractivity contribution >= 4 is 32.2 Å². The Labute approximate surface area is 172 Å². The lowest BCUT2D eigenvalue weighted by molar-refractivity contribution is -0.113. The van der Waals surface area contributed by atoms with Gasteiger partial charge < -0.3 is 14.8 Å². The molecule has 0 unspecified atom stereocenters. The summed E-state index contributed by atoms with van der Waals surface area (Å²) in [4.78, 5) is 16.7. The van der Waals surface area contributed by atoms with Crippen LogP contribution < -0.4 is 14.8 Å². The molecule has 0 bridgehead atoms. The van der Waals surface area contributed by atoms with E-state index in [0.29, 0.717) is 35.5 Å². The van der Waals surface area contributed by atoms with Crippen molar-refractivity contribution in [3.05, 3.63) is 53.4 Å². The Hall–Kier alpha value is -2.91. The molecule has 1 aromatic heterocycles. The number of hydrogen-bond acceptors (Lipinski definition) is 7. The number of fused-ring (bicyclic) bond motifs is 1. The van der Waals surface area contributed by atoms with E-state index in [-0.39, 0.29) is 4.90 Å². The first kappa shape index (κ1) is 19.4. The molecule has 0 aliphatic carbocycles. The summed E-state index contributed by atoms with van der Waals surface area (Å²) >= 11 is 1.22. The Balaban J connectivity index is 1.45. The van der Waals surface area contributed by atoms with E-state index in [1.54, 1.807) is 17.5 Å². The van der Waals surface area contributed by atoms with Crippen molar-refractivity contribution in [3.8, 4) is 22.8 Å². The second-order valence-electron chi connectivity index (χ2n) is 6.52. The average molecular weight is 431 g/mol. The smallest absolute Gasteiger partial charge is 0.241 e. The Morgan fingerprint density at radius 2 is 1.83 bits per heavy atom. The summed E-state index contributed by atoms with van der Waals surface area (Å²) in [6, 6.07) is 11.9. The highest BCUT2D eigenvalue weighted by molar-refractivity contribution is 7.92. The summed E-state index contributed by atoms with van der Waals surface area (Å²) in [6.07, 6.45) is 0. The predicted molar refractivity (Wildman–Crippen MR) is 110 cm³/mol. The molecule has 0 saturated heterocycles. The first-order valence-corrected chi connectivity index (χ1v) is 11.4. The van der Waals surface area contributed by atoms with Gasteiger partial charge in [-0.25, -0.2) is 13.4 Å². The summed E-state index contributed by atoms with van der Waals surface area (Å²) in [5.74, 6) is 0.0601. The summed E-state index contributed by atoms with van der Waals surface area (Å²) in [5.41, 5.74) is 2.42. The molecule has 0 spiro atoms. The van der Waals surface area contributed by atoms with Crippen LogP contribution in [0.15, 0.2) is 52.7 Å². The predicted octanol–water partition coefficient (Wildman–Crippen LogP) is 3.30. The second-order valence-corrected chi connectivity index (χ2v) is 9.36. The number of nitrogens with one attached hydrogen (secondary N) is 1. The average Bonchev–Trinajstić information content (AvgIpc) is 3.15. The molecule has 2 aromatic carbocycles. The van der Waals surface area contributed by atoms with Crippen LogP contribution in [0, 0.1) is 6.92 Å². The third-order valence-corrected chi connectivity index (χ3v) is 6.68. The number of thiazole rings is 1. The molecule has 0 fully saturated rings. The van der Waals surface area contributed by atoms with E-state index in [9.17, 15) is 13.2 Å². The number of nitrogens with zero attached hydrogens (tertiary/aromatic N) is 1. The third kappa shape index (κ3) is 4.41. The quantitative estimate of drug-likeness (QED) is 0.667. The van der Waals surface area contributed by atoms with Gasteiger partial charge in [-0.1, -0.05) is 17.7 Å². The largest absolute Gasteiger partial charge is 0.486 e. The van der Waals surface area contributed by atoms with Crippen molar-refractivity contribution < 1.29 is 22.7 Å². The topological polar surface area (TPSA) is 94.6 Å². The fourth-order valence-corrected chi connectivity index (χ4v) is 4.69. The van der Waals surface area contributed by atoms with Gasteiger partial charge in [0.2, 0.25) is 5.91 Å². The molecule has 9 heteroatoms. The van der Waals surface area contributed by atoms with Crippen LogP contribution in [0.4, 0.5) is 5.13 Å². The van der Waals surface area contributed by atoms with Crippen LogP contribution in [-0.4, -0.2) is 38.3 Å². The molecular formula is C20H18N2O5S2. The number of rotatable bonds is 5. The number of aryl methyl sites for hydroxylation is 1. The van der Waals surface area contributed by atoms with E-state index in [4.69, 9.17) is 9.47 Å². The fraction of sp³-hybridized carbons (Fsp3) is 0.200. The minimum atomic E-state index is -3.72. The molecule has 29 heavy (non-hydrogen) atoms. The van der Waals surface area contributed by atoms with Crippen LogP contribution in [-0.2, 0) is 14.6 Å². The Kier molecular flexibility index (Phi) is 5.25. The van der Waals surface area contributed by atoms with Gasteiger partial charge >= 0.3 is 0 Å². The minimum absolute atomic E-state index is 0.120. The van der Waals surface area contributed by atoms with E-state index < -0.39 is 21.5 Å². The van der Waals surface area contributed by atoms with E-state index in [2.05, 4.69) is 10.3 Å². The number of aromatic nitrogens is 1. The Bertz CT molecular complexity index is 1150. The molecule has 150 valence electrons. The van der Waals surface area contributed by atoms with Crippen molar-refractivity contribution in [1.82, 2.24) is 4.98 Å². The normalized spacial score (nSPS) is 13.1. The van der Waals surface area contributed by atoms with E-state index in [0.717, 1.165) is 11.1 Å². The Morgan fingerprint density at radius 1 is 1.10 bits per heavy atom. The maximum atomic E-state index is 12.4. The summed E-state index contributed by atoms with van der Waals surface area (Å²) in [7, 11) is -3.72. The highest BCUT2D eigenvalue weighted by atomic mass is 32.2. The van der Waals surface area contributed by atoms with Crippen molar-refractivity contribution in [2.75, 3.05) is 24.3 Å². The lowest BCUT2D eigenvalue weighted by Gasteiger charge is -2.18. The van der Waals surface area contributed by atoms with Gasteiger partial charge in [-0.05, 0) is 37.3 Å².